The fourth-order valence-electron chi connectivity index (χ4n) is 4.65. The molecule has 1 aliphatic rings. The van der Waals surface area contributed by atoms with E-state index >= 15 is 0 Å². The predicted octanol–water partition coefficient (Wildman–Crippen LogP) is 7.06. The molecule has 2 aromatic rings. The van der Waals surface area contributed by atoms with Crippen LogP contribution in [0.3, 0.4) is 0 Å². The van der Waals surface area contributed by atoms with Gasteiger partial charge in [0.15, 0.2) is 11.5 Å². The van der Waals surface area contributed by atoms with E-state index in [2.05, 4.69) is 57.0 Å². The van der Waals surface area contributed by atoms with Crippen LogP contribution in [0.25, 0.3) is 6.08 Å². The first-order chi connectivity index (χ1) is 18.8. The van der Waals surface area contributed by atoms with Crippen LogP contribution in [0, 0.1) is 5.92 Å². The SMILES string of the molecule is CCOc1cc(C(=O)N(/C=C/C2CCCN2C)C/C(C)=C/c2ccccc2)cc(OCCC(C)C)c1OCC. The number of benzene rings is 2. The van der Waals surface area contributed by atoms with Gasteiger partial charge in [-0.1, -0.05) is 61.9 Å². The molecule has 6 nitrogen and oxygen atoms in total. The summed E-state index contributed by atoms with van der Waals surface area (Å²) >= 11 is 0. The first-order valence-electron chi connectivity index (χ1n) is 14.3. The molecule has 1 atom stereocenters. The lowest BCUT2D eigenvalue weighted by molar-refractivity contribution is 0.0830. The third kappa shape index (κ3) is 9.17. The summed E-state index contributed by atoms with van der Waals surface area (Å²) in [5, 5.41) is 0. The van der Waals surface area contributed by atoms with Crippen LogP contribution < -0.4 is 14.2 Å². The van der Waals surface area contributed by atoms with Crippen LogP contribution in [-0.2, 0) is 0 Å². The zero-order chi connectivity index (χ0) is 28.2. The summed E-state index contributed by atoms with van der Waals surface area (Å²) in [6.07, 6.45) is 9.40. The van der Waals surface area contributed by atoms with E-state index in [9.17, 15) is 4.79 Å². The largest absolute Gasteiger partial charge is 0.490 e. The Balaban J connectivity index is 1.97. The molecular formula is C33H46N2O4. The number of carbonyl (C=O) groups excluding carboxylic acids is 1. The van der Waals surface area contributed by atoms with Gasteiger partial charge in [0.05, 0.1) is 19.8 Å². The molecule has 212 valence electrons. The molecule has 3 rings (SSSR count). The van der Waals surface area contributed by atoms with Gasteiger partial charge in [-0.3, -0.25) is 9.69 Å². The van der Waals surface area contributed by atoms with E-state index in [-0.39, 0.29) is 5.91 Å². The number of carbonyl (C=O) groups is 1. The molecule has 0 N–H and O–H groups in total. The van der Waals surface area contributed by atoms with Gasteiger partial charge in [-0.2, -0.15) is 0 Å². The Hall–Kier alpha value is -3.25. The molecule has 0 bridgehead atoms. The molecule has 0 aliphatic carbocycles. The van der Waals surface area contributed by atoms with Gasteiger partial charge < -0.3 is 19.1 Å². The molecule has 1 saturated heterocycles. The average Bonchev–Trinajstić information content (AvgIpc) is 3.32. The predicted molar refractivity (Wildman–Crippen MR) is 160 cm³/mol. The fourth-order valence-corrected chi connectivity index (χ4v) is 4.65. The monoisotopic (exact) mass is 534 g/mol. The van der Waals surface area contributed by atoms with Crippen molar-refractivity contribution in [3.63, 3.8) is 0 Å². The number of hydrogen-bond acceptors (Lipinski definition) is 5. The first-order valence-corrected chi connectivity index (χ1v) is 14.3. The Morgan fingerprint density at radius 2 is 1.77 bits per heavy atom. The second-order valence-electron chi connectivity index (χ2n) is 10.6. The number of likely N-dealkylation sites (tertiary alicyclic amines) is 1. The standard InChI is InChI=1S/C33H46N2O4/c1-7-37-30-22-28(23-31(32(30)38-8-2)39-20-17-25(3)4)33(36)35(19-16-29-15-12-18-34(29)6)24-26(5)21-27-13-10-9-11-14-27/h9-11,13-14,16,19,21-23,25,29H,7-8,12,15,17-18,20,24H2,1-6H3/b19-16+,26-21+. The van der Waals surface area contributed by atoms with Crippen molar-refractivity contribution >= 4 is 12.0 Å². The summed E-state index contributed by atoms with van der Waals surface area (Å²) in [6, 6.07) is 14.1. The Morgan fingerprint density at radius 1 is 1.08 bits per heavy atom. The zero-order valence-electron chi connectivity index (χ0n) is 24.6. The summed E-state index contributed by atoms with van der Waals surface area (Å²) < 4.78 is 18.0. The minimum absolute atomic E-state index is 0.106. The molecular weight excluding hydrogens is 488 g/mol. The number of likely N-dealkylation sites (N-methyl/N-ethyl adjacent to an activating group) is 1. The minimum Gasteiger partial charge on any atom is -0.490 e. The van der Waals surface area contributed by atoms with E-state index in [1.165, 1.54) is 6.42 Å². The highest BCUT2D eigenvalue weighted by molar-refractivity contribution is 5.96. The van der Waals surface area contributed by atoms with Crippen LogP contribution in [0.15, 0.2) is 60.3 Å². The van der Waals surface area contributed by atoms with Crippen molar-refractivity contribution in [1.82, 2.24) is 9.80 Å². The van der Waals surface area contributed by atoms with Crippen molar-refractivity contribution < 1.29 is 19.0 Å². The lowest BCUT2D eigenvalue weighted by Crippen LogP contribution is -2.29. The molecule has 1 heterocycles. The number of amides is 1. The molecule has 1 unspecified atom stereocenters. The van der Waals surface area contributed by atoms with Gasteiger partial charge in [0.1, 0.15) is 0 Å². The summed E-state index contributed by atoms with van der Waals surface area (Å²) in [7, 11) is 2.14. The van der Waals surface area contributed by atoms with Gasteiger partial charge in [-0.25, -0.2) is 0 Å². The van der Waals surface area contributed by atoms with Gasteiger partial charge >= 0.3 is 0 Å². The minimum atomic E-state index is -0.106. The highest BCUT2D eigenvalue weighted by Crippen LogP contribution is 2.39. The third-order valence-corrected chi connectivity index (χ3v) is 6.77. The van der Waals surface area contributed by atoms with Crippen molar-refractivity contribution in [3.8, 4) is 17.2 Å². The lowest BCUT2D eigenvalue weighted by atomic mass is 10.1. The van der Waals surface area contributed by atoms with E-state index in [1.807, 2.05) is 38.2 Å². The van der Waals surface area contributed by atoms with E-state index in [1.54, 1.807) is 17.0 Å². The highest BCUT2D eigenvalue weighted by Gasteiger charge is 2.23. The van der Waals surface area contributed by atoms with Crippen LogP contribution in [-0.4, -0.2) is 61.7 Å². The smallest absolute Gasteiger partial charge is 0.258 e. The van der Waals surface area contributed by atoms with Crippen molar-refractivity contribution in [2.75, 3.05) is 40.0 Å². The Bertz CT molecular complexity index is 1110. The molecule has 0 aromatic heterocycles. The number of rotatable bonds is 14. The summed E-state index contributed by atoms with van der Waals surface area (Å²) in [4.78, 5) is 18.2. The molecule has 1 fully saturated rings. The molecule has 6 heteroatoms. The normalized spacial score (nSPS) is 16.2. The average molecular weight is 535 g/mol. The molecule has 39 heavy (non-hydrogen) atoms. The summed E-state index contributed by atoms with van der Waals surface area (Å²) in [6.45, 7) is 13.3. The molecule has 1 aliphatic heterocycles. The Kier molecular flexibility index (Phi) is 11.9. The molecule has 0 spiro atoms. The third-order valence-electron chi connectivity index (χ3n) is 6.77. The van der Waals surface area contributed by atoms with E-state index in [0.717, 1.165) is 30.5 Å². The van der Waals surface area contributed by atoms with Gasteiger partial charge in [0.2, 0.25) is 5.75 Å². The Labute approximate surface area is 235 Å². The van der Waals surface area contributed by atoms with Crippen LogP contribution >= 0.6 is 0 Å². The number of ether oxygens (including phenoxy) is 3. The van der Waals surface area contributed by atoms with Gasteiger partial charge in [-0.05, 0) is 77.2 Å². The lowest BCUT2D eigenvalue weighted by Gasteiger charge is -2.23. The molecule has 0 radical (unpaired) electrons. The Morgan fingerprint density at radius 3 is 2.38 bits per heavy atom. The fraction of sp³-hybridized carbons (Fsp3) is 0.485. The van der Waals surface area contributed by atoms with Crippen LogP contribution in [0.5, 0.6) is 17.2 Å². The van der Waals surface area contributed by atoms with Crippen LogP contribution in [0.2, 0.25) is 0 Å². The van der Waals surface area contributed by atoms with Crippen molar-refractivity contribution in [2.45, 2.75) is 59.9 Å². The maximum atomic E-state index is 14.1. The highest BCUT2D eigenvalue weighted by atomic mass is 16.5. The summed E-state index contributed by atoms with van der Waals surface area (Å²) in [5.74, 6) is 2.02. The maximum Gasteiger partial charge on any atom is 0.258 e. The molecule has 1 amide bonds. The van der Waals surface area contributed by atoms with Gasteiger partial charge in [0.25, 0.3) is 5.91 Å². The van der Waals surface area contributed by atoms with Gasteiger partial charge in [0, 0.05) is 24.4 Å². The molecule has 0 saturated carbocycles. The van der Waals surface area contributed by atoms with Gasteiger partial charge in [-0.15, -0.1) is 0 Å². The quantitative estimate of drug-likeness (QED) is 0.260. The van der Waals surface area contributed by atoms with Crippen LogP contribution in [0.1, 0.15) is 69.8 Å². The van der Waals surface area contributed by atoms with E-state index < -0.39 is 0 Å². The number of hydrogen-bond donors (Lipinski definition) is 0. The zero-order valence-corrected chi connectivity index (χ0v) is 24.6. The van der Waals surface area contributed by atoms with Crippen molar-refractivity contribution in [3.05, 3.63) is 71.4 Å². The van der Waals surface area contributed by atoms with E-state index in [0.29, 0.717) is 61.1 Å². The summed E-state index contributed by atoms with van der Waals surface area (Å²) in [5.41, 5.74) is 2.71. The number of nitrogens with zero attached hydrogens (tertiary/aromatic N) is 2. The topological polar surface area (TPSA) is 51.2 Å². The van der Waals surface area contributed by atoms with E-state index in [4.69, 9.17) is 14.2 Å². The maximum absolute atomic E-state index is 14.1. The second kappa shape index (κ2) is 15.4. The molecule has 2 aromatic carbocycles. The van der Waals surface area contributed by atoms with Crippen molar-refractivity contribution in [2.24, 2.45) is 5.92 Å². The van der Waals surface area contributed by atoms with Crippen LogP contribution in [0.4, 0.5) is 0 Å². The first kappa shape index (κ1) is 30.3. The second-order valence-corrected chi connectivity index (χ2v) is 10.6. The van der Waals surface area contributed by atoms with Crippen molar-refractivity contribution in [1.29, 1.82) is 0 Å².